The van der Waals surface area contributed by atoms with E-state index in [-0.39, 0.29) is 5.97 Å². The molecule has 0 aromatic carbocycles. The smallest absolute Gasteiger partial charge is 0.305 e. The maximum absolute atomic E-state index is 10.9. The number of methoxy groups -OCH3 is 1. The van der Waals surface area contributed by atoms with E-state index in [4.69, 9.17) is 0 Å². The Bertz CT molecular complexity index is 178. The highest BCUT2D eigenvalue weighted by molar-refractivity contribution is 5.68. The molecule has 0 spiro atoms. The summed E-state index contributed by atoms with van der Waals surface area (Å²) in [6, 6.07) is 0. The van der Waals surface area contributed by atoms with E-state index in [1.54, 1.807) is 0 Å². The Morgan fingerprint density at radius 1 is 0.778 bits per heavy atom. The SMILES string of the molecule is [CH2]CCCCCCCCCCCCCC(=O)OC. The lowest BCUT2D eigenvalue weighted by atomic mass is 10.0. The van der Waals surface area contributed by atoms with Crippen molar-refractivity contribution in [1.29, 1.82) is 0 Å². The summed E-state index contributed by atoms with van der Waals surface area (Å²) in [5.41, 5.74) is 0. The molecule has 0 amide bonds. The lowest BCUT2D eigenvalue weighted by Crippen LogP contribution is -1.99. The summed E-state index contributed by atoms with van der Waals surface area (Å²) in [5.74, 6) is -0.0720. The highest BCUT2D eigenvalue weighted by atomic mass is 16.5. The summed E-state index contributed by atoms with van der Waals surface area (Å²) in [5, 5.41) is 0. The molecule has 0 N–H and O–H groups in total. The van der Waals surface area contributed by atoms with Crippen LogP contribution in [0.5, 0.6) is 0 Å². The van der Waals surface area contributed by atoms with Gasteiger partial charge in [-0.3, -0.25) is 4.79 Å². The Morgan fingerprint density at radius 2 is 1.17 bits per heavy atom. The molecule has 0 bridgehead atoms. The molecule has 0 unspecified atom stereocenters. The normalized spacial score (nSPS) is 10.6. The highest BCUT2D eigenvalue weighted by Gasteiger charge is 1.99. The summed E-state index contributed by atoms with van der Waals surface area (Å²) in [6.07, 6.45) is 16.0. The van der Waals surface area contributed by atoms with Gasteiger partial charge in [0.1, 0.15) is 0 Å². The molecule has 0 atom stereocenters. The minimum Gasteiger partial charge on any atom is -0.469 e. The van der Waals surface area contributed by atoms with Crippen LogP contribution >= 0.6 is 0 Å². The molecule has 0 rings (SSSR count). The van der Waals surface area contributed by atoms with Crippen LogP contribution < -0.4 is 0 Å². The highest BCUT2D eigenvalue weighted by Crippen LogP contribution is 2.12. The van der Waals surface area contributed by atoms with E-state index in [0.717, 1.165) is 12.8 Å². The molecule has 0 aliphatic rings. The van der Waals surface area contributed by atoms with Gasteiger partial charge in [0.2, 0.25) is 0 Å². The standard InChI is InChI=1S/C16H31O2/c1-3-4-5-6-7-8-9-10-11-12-13-14-15-16(17)18-2/h1,3-15H2,2H3. The predicted molar refractivity (Wildman–Crippen MR) is 77.4 cm³/mol. The monoisotopic (exact) mass is 255 g/mol. The number of ether oxygens (including phenoxy) is 1. The zero-order valence-corrected chi connectivity index (χ0v) is 12.2. The third-order valence-electron chi connectivity index (χ3n) is 3.36. The van der Waals surface area contributed by atoms with Gasteiger partial charge in [-0.1, -0.05) is 77.6 Å². The van der Waals surface area contributed by atoms with Crippen molar-refractivity contribution in [3.63, 3.8) is 0 Å². The van der Waals surface area contributed by atoms with Crippen LogP contribution in [-0.2, 0) is 9.53 Å². The van der Waals surface area contributed by atoms with Crippen LogP contribution in [0.3, 0.4) is 0 Å². The first kappa shape index (κ1) is 17.5. The second kappa shape index (κ2) is 14.5. The average molecular weight is 255 g/mol. The number of carbonyl (C=O) groups excluding carboxylic acids is 1. The van der Waals surface area contributed by atoms with E-state index >= 15 is 0 Å². The number of hydrogen-bond acceptors (Lipinski definition) is 2. The predicted octanol–water partition coefficient (Wildman–Crippen LogP) is 5.06. The Morgan fingerprint density at radius 3 is 1.56 bits per heavy atom. The molecule has 0 aliphatic heterocycles. The van der Waals surface area contributed by atoms with Crippen molar-refractivity contribution in [3.05, 3.63) is 6.92 Å². The molecule has 2 nitrogen and oxygen atoms in total. The molecule has 2 heteroatoms. The van der Waals surface area contributed by atoms with Crippen molar-refractivity contribution in [2.45, 2.75) is 83.5 Å². The van der Waals surface area contributed by atoms with Crippen molar-refractivity contribution in [1.82, 2.24) is 0 Å². The molecular formula is C16H31O2. The van der Waals surface area contributed by atoms with Crippen LogP contribution in [0, 0.1) is 6.92 Å². The quantitative estimate of drug-likeness (QED) is 0.339. The second-order valence-corrected chi connectivity index (χ2v) is 5.07. The lowest BCUT2D eigenvalue weighted by Gasteiger charge is -2.02. The number of rotatable bonds is 13. The number of hydrogen-bond donors (Lipinski definition) is 0. The van der Waals surface area contributed by atoms with E-state index in [9.17, 15) is 4.79 Å². The molecule has 0 aliphatic carbocycles. The van der Waals surface area contributed by atoms with Gasteiger partial charge < -0.3 is 4.74 Å². The largest absolute Gasteiger partial charge is 0.469 e. The maximum atomic E-state index is 10.9. The zero-order chi connectivity index (χ0) is 13.5. The molecule has 0 aromatic heterocycles. The fraction of sp³-hybridized carbons (Fsp3) is 0.875. The minimum absolute atomic E-state index is 0.0720. The Hall–Kier alpha value is -0.530. The van der Waals surface area contributed by atoms with Crippen molar-refractivity contribution in [2.24, 2.45) is 0 Å². The molecule has 0 aromatic rings. The second-order valence-electron chi connectivity index (χ2n) is 5.07. The molecular weight excluding hydrogens is 224 g/mol. The van der Waals surface area contributed by atoms with Gasteiger partial charge in [0.05, 0.1) is 7.11 Å². The summed E-state index contributed by atoms with van der Waals surface area (Å²) in [4.78, 5) is 10.9. The molecule has 107 valence electrons. The van der Waals surface area contributed by atoms with Crippen LogP contribution in [0.2, 0.25) is 0 Å². The molecule has 1 radical (unpaired) electrons. The lowest BCUT2D eigenvalue weighted by molar-refractivity contribution is -0.140. The third kappa shape index (κ3) is 13.5. The van der Waals surface area contributed by atoms with E-state index in [0.29, 0.717) is 6.42 Å². The van der Waals surface area contributed by atoms with E-state index in [1.165, 1.54) is 71.3 Å². The summed E-state index contributed by atoms with van der Waals surface area (Å²) >= 11 is 0. The zero-order valence-electron chi connectivity index (χ0n) is 12.2. The van der Waals surface area contributed by atoms with Gasteiger partial charge in [0.15, 0.2) is 0 Å². The maximum Gasteiger partial charge on any atom is 0.305 e. The van der Waals surface area contributed by atoms with Gasteiger partial charge in [-0.25, -0.2) is 0 Å². The van der Waals surface area contributed by atoms with Gasteiger partial charge in [0.25, 0.3) is 0 Å². The van der Waals surface area contributed by atoms with E-state index in [1.807, 2.05) is 0 Å². The van der Waals surface area contributed by atoms with Gasteiger partial charge in [0, 0.05) is 6.42 Å². The van der Waals surface area contributed by atoms with Crippen LogP contribution in [0.25, 0.3) is 0 Å². The number of unbranched alkanes of at least 4 members (excludes halogenated alkanes) is 11. The fourth-order valence-corrected chi connectivity index (χ4v) is 2.14. The first-order valence-corrected chi connectivity index (χ1v) is 7.67. The van der Waals surface area contributed by atoms with Crippen molar-refractivity contribution in [2.75, 3.05) is 7.11 Å². The average Bonchev–Trinajstić information content (AvgIpc) is 2.39. The van der Waals surface area contributed by atoms with Gasteiger partial charge in [-0.05, 0) is 6.42 Å². The van der Waals surface area contributed by atoms with Gasteiger partial charge >= 0.3 is 5.97 Å². The van der Waals surface area contributed by atoms with E-state index in [2.05, 4.69) is 11.7 Å². The van der Waals surface area contributed by atoms with Crippen molar-refractivity contribution < 1.29 is 9.53 Å². The molecule has 0 saturated carbocycles. The van der Waals surface area contributed by atoms with Crippen LogP contribution in [0.1, 0.15) is 83.5 Å². The van der Waals surface area contributed by atoms with Gasteiger partial charge in [-0.15, -0.1) is 0 Å². The first-order valence-electron chi connectivity index (χ1n) is 7.67. The minimum atomic E-state index is -0.0720. The molecule has 0 heterocycles. The van der Waals surface area contributed by atoms with E-state index < -0.39 is 0 Å². The summed E-state index contributed by atoms with van der Waals surface area (Å²) in [7, 11) is 1.46. The molecule has 0 saturated heterocycles. The van der Waals surface area contributed by atoms with Gasteiger partial charge in [-0.2, -0.15) is 0 Å². The Labute approximate surface area is 113 Å². The molecule has 18 heavy (non-hydrogen) atoms. The Balaban J connectivity index is 2.97. The summed E-state index contributed by atoms with van der Waals surface area (Å²) in [6.45, 7) is 3.86. The summed E-state index contributed by atoms with van der Waals surface area (Å²) < 4.78 is 4.61. The molecule has 0 fully saturated rings. The first-order chi connectivity index (χ1) is 8.81. The topological polar surface area (TPSA) is 26.3 Å². The van der Waals surface area contributed by atoms with Crippen molar-refractivity contribution >= 4 is 5.97 Å². The number of esters is 1. The van der Waals surface area contributed by atoms with Crippen molar-refractivity contribution in [3.8, 4) is 0 Å². The number of carbonyl (C=O) groups is 1. The Kier molecular flexibility index (Phi) is 14.1. The van der Waals surface area contributed by atoms with Crippen LogP contribution in [0.15, 0.2) is 0 Å². The fourth-order valence-electron chi connectivity index (χ4n) is 2.14. The van der Waals surface area contributed by atoms with Crippen LogP contribution in [0.4, 0.5) is 0 Å². The van der Waals surface area contributed by atoms with Crippen LogP contribution in [-0.4, -0.2) is 13.1 Å². The third-order valence-corrected chi connectivity index (χ3v) is 3.36.